The molecule has 7 rings (SSSR count). The van der Waals surface area contributed by atoms with Gasteiger partial charge in [-0.15, -0.1) is 0 Å². The van der Waals surface area contributed by atoms with Crippen molar-refractivity contribution in [1.82, 2.24) is 19.8 Å². The van der Waals surface area contributed by atoms with Crippen molar-refractivity contribution >= 4 is 34.8 Å². The van der Waals surface area contributed by atoms with Crippen molar-refractivity contribution in [1.29, 1.82) is 0 Å². The first-order valence-electron chi connectivity index (χ1n) is 13.9. The third kappa shape index (κ3) is 4.27. The lowest BCUT2D eigenvalue weighted by atomic mass is 9.72. The Labute approximate surface area is 244 Å². The van der Waals surface area contributed by atoms with Crippen molar-refractivity contribution in [3.8, 4) is 17.4 Å². The van der Waals surface area contributed by atoms with Crippen molar-refractivity contribution in [2.24, 2.45) is 5.41 Å². The molecule has 4 aliphatic rings. The average Bonchev–Trinajstić information content (AvgIpc) is 3.17. The van der Waals surface area contributed by atoms with Crippen LogP contribution in [0.4, 0.5) is 17.3 Å². The third-order valence-electron chi connectivity index (χ3n) is 9.19. The predicted molar refractivity (Wildman–Crippen MR) is 156 cm³/mol. The minimum Gasteiger partial charge on any atom is -0.494 e. The van der Waals surface area contributed by atoms with Crippen LogP contribution in [0.1, 0.15) is 28.8 Å². The van der Waals surface area contributed by atoms with Crippen LogP contribution in [-0.2, 0) is 10.3 Å². The Morgan fingerprint density at radius 2 is 1.85 bits per heavy atom. The van der Waals surface area contributed by atoms with Gasteiger partial charge in [0.2, 0.25) is 11.8 Å². The van der Waals surface area contributed by atoms with Gasteiger partial charge >= 0.3 is 0 Å². The van der Waals surface area contributed by atoms with Gasteiger partial charge in [-0.1, -0.05) is 23.7 Å². The number of methoxy groups -OCH3 is 1. The highest BCUT2D eigenvalue weighted by Crippen LogP contribution is 2.47. The summed E-state index contributed by atoms with van der Waals surface area (Å²) >= 11 is 6.44. The van der Waals surface area contributed by atoms with Crippen molar-refractivity contribution < 1.29 is 19.0 Å². The van der Waals surface area contributed by atoms with Gasteiger partial charge in [0.25, 0.3) is 5.91 Å². The molecular weight excluding hydrogens is 544 g/mol. The summed E-state index contributed by atoms with van der Waals surface area (Å²) in [5, 5.41) is 3.47. The summed E-state index contributed by atoms with van der Waals surface area (Å²) in [6.45, 7) is 5.42. The first kappa shape index (κ1) is 26.3. The fourth-order valence-corrected chi connectivity index (χ4v) is 6.58. The Morgan fingerprint density at radius 3 is 2.56 bits per heavy atom. The van der Waals surface area contributed by atoms with Crippen LogP contribution >= 0.6 is 11.6 Å². The number of fused-ring (bicyclic) bond motifs is 2. The Kier molecular flexibility index (Phi) is 6.26. The molecule has 0 bridgehead atoms. The summed E-state index contributed by atoms with van der Waals surface area (Å²) in [6.07, 6.45) is 3.98. The fraction of sp³-hybridized carbons (Fsp3) is 0.433. The quantitative estimate of drug-likeness (QED) is 0.455. The van der Waals surface area contributed by atoms with Crippen molar-refractivity contribution in [2.45, 2.75) is 18.4 Å². The molecule has 10 nitrogen and oxygen atoms in total. The Hall–Kier alpha value is -3.60. The molecule has 1 N–H and O–H groups in total. The van der Waals surface area contributed by atoms with E-state index < -0.39 is 5.54 Å². The van der Waals surface area contributed by atoms with Gasteiger partial charge in [0.05, 0.1) is 37.8 Å². The average molecular weight is 577 g/mol. The topological polar surface area (TPSA) is 92.3 Å². The maximum Gasteiger partial charge on any atom is 0.258 e. The van der Waals surface area contributed by atoms with Gasteiger partial charge in [0, 0.05) is 37.3 Å². The van der Waals surface area contributed by atoms with E-state index in [-0.39, 0.29) is 16.8 Å². The Morgan fingerprint density at radius 1 is 1.07 bits per heavy atom. The summed E-state index contributed by atoms with van der Waals surface area (Å²) in [5.41, 5.74) is 3.26. The number of likely N-dealkylation sites (tertiary alicyclic amines) is 1. The van der Waals surface area contributed by atoms with E-state index >= 15 is 0 Å². The molecule has 11 heteroatoms. The maximum atomic E-state index is 13.2. The molecule has 4 aliphatic heterocycles. The number of nitrogens with one attached hydrogen (secondary N) is 1. The van der Waals surface area contributed by atoms with E-state index in [0.29, 0.717) is 41.6 Å². The number of ether oxygens (including phenoxy) is 3. The van der Waals surface area contributed by atoms with Crippen LogP contribution in [0, 0.1) is 5.41 Å². The smallest absolute Gasteiger partial charge is 0.258 e. The van der Waals surface area contributed by atoms with Gasteiger partial charge in [-0.2, -0.15) is 4.98 Å². The van der Waals surface area contributed by atoms with Gasteiger partial charge in [-0.3, -0.25) is 4.79 Å². The van der Waals surface area contributed by atoms with Crippen LogP contribution in [0.3, 0.4) is 0 Å². The molecule has 0 radical (unpaired) electrons. The molecule has 3 aromatic rings. The second-order valence-electron chi connectivity index (χ2n) is 11.7. The minimum atomic E-state index is -0.444. The number of carbonyl (C=O) groups excluding carboxylic acids is 1. The summed E-state index contributed by atoms with van der Waals surface area (Å²) in [7, 11) is 5.65. The van der Waals surface area contributed by atoms with Crippen LogP contribution in [0.2, 0.25) is 5.02 Å². The SMILES string of the molecule is COc1cc(N2CC3(CCN(C)CC3)C2)ccc1Nc1ncc(Cl)c(Oc2cccc3c2C(=O)N(C)C32COC2)n1. The lowest BCUT2D eigenvalue weighted by molar-refractivity contribution is -0.117. The molecule has 1 aromatic heterocycles. The normalized spacial score (nSPS) is 20.5. The highest BCUT2D eigenvalue weighted by Gasteiger charge is 2.54. The van der Waals surface area contributed by atoms with Crippen LogP contribution in [0.15, 0.2) is 42.6 Å². The maximum absolute atomic E-state index is 13.2. The number of halogens is 1. The van der Waals surface area contributed by atoms with Gasteiger partial charge < -0.3 is 34.2 Å². The molecule has 3 saturated heterocycles. The number of hydrogen-bond donors (Lipinski definition) is 1. The number of carbonyl (C=O) groups is 1. The van der Waals surface area contributed by atoms with Gasteiger partial charge in [-0.25, -0.2) is 4.98 Å². The summed E-state index contributed by atoms with van der Waals surface area (Å²) in [6, 6.07) is 11.7. The minimum absolute atomic E-state index is 0.115. The van der Waals surface area contributed by atoms with E-state index in [2.05, 4.69) is 38.2 Å². The molecule has 1 amide bonds. The second-order valence-corrected chi connectivity index (χ2v) is 12.1. The predicted octanol–water partition coefficient (Wildman–Crippen LogP) is 4.52. The first-order chi connectivity index (χ1) is 19.8. The van der Waals surface area contributed by atoms with Crippen molar-refractivity contribution in [3.63, 3.8) is 0 Å². The first-order valence-corrected chi connectivity index (χ1v) is 14.3. The Bertz CT molecular complexity index is 1510. The lowest BCUT2D eigenvalue weighted by Crippen LogP contribution is -2.60. The summed E-state index contributed by atoms with van der Waals surface area (Å²) in [4.78, 5) is 28.6. The molecule has 0 atom stereocenters. The molecule has 2 spiro atoms. The number of hydrogen-bond acceptors (Lipinski definition) is 9. The number of amides is 1. The number of piperidine rings is 1. The van der Waals surface area contributed by atoms with Gasteiger partial charge in [-0.05, 0) is 56.7 Å². The summed E-state index contributed by atoms with van der Waals surface area (Å²) in [5.74, 6) is 1.42. The van der Waals surface area contributed by atoms with E-state index in [1.165, 1.54) is 32.1 Å². The van der Waals surface area contributed by atoms with Crippen LogP contribution in [-0.4, -0.2) is 86.3 Å². The van der Waals surface area contributed by atoms with Crippen LogP contribution < -0.4 is 19.7 Å². The monoisotopic (exact) mass is 576 g/mol. The largest absolute Gasteiger partial charge is 0.494 e. The molecule has 2 aromatic carbocycles. The molecule has 3 fully saturated rings. The number of nitrogens with zero attached hydrogens (tertiary/aromatic N) is 5. The highest BCUT2D eigenvalue weighted by atomic mass is 35.5. The highest BCUT2D eigenvalue weighted by molar-refractivity contribution is 6.31. The standard InChI is InChI=1S/C30H33ClN6O4/c1-35-11-9-29(10-12-35)15-37(16-29)19-7-8-22(24(13-19)39-3)33-28-32-14-21(31)26(34-28)41-23-6-4-5-20-25(23)27(38)36(2)30(20)17-40-18-30/h4-8,13-14H,9-12,15-18H2,1-3H3,(H,32,33,34). The number of anilines is 3. The van der Waals surface area contributed by atoms with Crippen molar-refractivity contribution in [2.75, 3.05) is 70.8 Å². The molecule has 0 unspecified atom stereocenters. The number of benzene rings is 2. The third-order valence-corrected chi connectivity index (χ3v) is 9.44. The number of aromatic nitrogens is 2. The zero-order chi connectivity index (χ0) is 28.4. The van der Waals surface area contributed by atoms with Gasteiger partial charge in [0.15, 0.2) is 0 Å². The molecular formula is C30H33ClN6O4. The van der Waals surface area contributed by atoms with E-state index in [1.54, 1.807) is 25.1 Å². The van der Waals surface area contributed by atoms with E-state index in [0.717, 1.165) is 30.0 Å². The van der Waals surface area contributed by atoms with Crippen LogP contribution in [0.25, 0.3) is 0 Å². The number of rotatable bonds is 6. The van der Waals surface area contributed by atoms with E-state index in [4.69, 9.17) is 25.8 Å². The van der Waals surface area contributed by atoms with Crippen LogP contribution in [0.5, 0.6) is 17.4 Å². The lowest BCUT2D eigenvalue weighted by Gasteiger charge is -2.54. The zero-order valence-electron chi connectivity index (χ0n) is 23.4. The molecule has 41 heavy (non-hydrogen) atoms. The Balaban J connectivity index is 1.09. The molecule has 214 valence electrons. The molecule has 5 heterocycles. The fourth-order valence-electron chi connectivity index (χ4n) is 6.45. The molecule has 0 saturated carbocycles. The van der Waals surface area contributed by atoms with Crippen molar-refractivity contribution in [3.05, 3.63) is 58.7 Å². The summed E-state index contributed by atoms with van der Waals surface area (Å²) < 4.78 is 17.3. The van der Waals surface area contributed by atoms with Gasteiger partial charge in [0.1, 0.15) is 22.1 Å². The zero-order valence-corrected chi connectivity index (χ0v) is 24.2. The number of likely N-dealkylation sites (N-methyl/N-ethyl adjacent to an activating group) is 1. The second kappa shape index (κ2) is 9.75. The van der Waals surface area contributed by atoms with E-state index in [9.17, 15) is 4.79 Å². The van der Waals surface area contributed by atoms with E-state index in [1.807, 2.05) is 24.3 Å². The molecule has 0 aliphatic carbocycles.